The molecule has 0 spiro atoms. The smallest absolute Gasteiger partial charge is 0.254 e. The van der Waals surface area contributed by atoms with Gasteiger partial charge in [-0.15, -0.1) is 0 Å². The van der Waals surface area contributed by atoms with Gasteiger partial charge in [0.1, 0.15) is 0 Å². The Hall–Kier alpha value is -1.66. The van der Waals surface area contributed by atoms with Crippen LogP contribution in [-0.4, -0.2) is 61.4 Å². The van der Waals surface area contributed by atoms with Crippen molar-refractivity contribution in [2.24, 2.45) is 5.41 Å². The van der Waals surface area contributed by atoms with Gasteiger partial charge in [-0.05, 0) is 25.3 Å². The summed E-state index contributed by atoms with van der Waals surface area (Å²) < 4.78 is 10.2. The SMILES string of the molecule is COCC[C@]1(CO)CCCN(C(=O)c2ccnc(OC)c2)C1. The van der Waals surface area contributed by atoms with Gasteiger partial charge in [0.2, 0.25) is 5.88 Å². The molecule has 1 fully saturated rings. The quantitative estimate of drug-likeness (QED) is 0.858. The van der Waals surface area contributed by atoms with E-state index in [9.17, 15) is 9.90 Å². The van der Waals surface area contributed by atoms with E-state index in [2.05, 4.69) is 4.98 Å². The van der Waals surface area contributed by atoms with Crippen molar-refractivity contribution in [3.05, 3.63) is 23.9 Å². The Bertz CT molecular complexity index is 509. The zero-order valence-corrected chi connectivity index (χ0v) is 13.2. The molecule has 1 N–H and O–H groups in total. The molecule has 122 valence electrons. The Morgan fingerprint density at radius 3 is 3.00 bits per heavy atom. The minimum atomic E-state index is -0.263. The fourth-order valence-electron chi connectivity index (χ4n) is 2.95. The Morgan fingerprint density at radius 2 is 2.32 bits per heavy atom. The van der Waals surface area contributed by atoms with Crippen LogP contribution in [0.4, 0.5) is 0 Å². The lowest BCUT2D eigenvalue weighted by atomic mass is 9.78. The third-order valence-corrected chi connectivity index (χ3v) is 4.31. The molecule has 2 rings (SSSR count). The van der Waals surface area contributed by atoms with E-state index in [1.54, 1.807) is 25.4 Å². The van der Waals surface area contributed by atoms with E-state index in [0.29, 0.717) is 31.1 Å². The van der Waals surface area contributed by atoms with E-state index in [-0.39, 0.29) is 17.9 Å². The minimum absolute atomic E-state index is 0.0457. The molecule has 1 aromatic rings. The molecule has 0 bridgehead atoms. The third-order valence-electron chi connectivity index (χ3n) is 4.31. The van der Waals surface area contributed by atoms with Crippen molar-refractivity contribution in [2.45, 2.75) is 19.3 Å². The van der Waals surface area contributed by atoms with Gasteiger partial charge in [0, 0.05) is 50.0 Å². The van der Waals surface area contributed by atoms with E-state index in [4.69, 9.17) is 9.47 Å². The number of amides is 1. The van der Waals surface area contributed by atoms with Gasteiger partial charge in [0.15, 0.2) is 0 Å². The van der Waals surface area contributed by atoms with Crippen LogP contribution in [0, 0.1) is 5.41 Å². The number of ether oxygens (including phenoxy) is 2. The van der Waals surface area contributed by atoms with E-state index >= 15 is 0 Å². The van der Waals surface area contributed by atoms with Gasteiger partial charge in [-0.1, -0.05) is 0 Å². The Labute approximate surface area is 131 Å². The first kappa shape index (κ1) is 16.7. The molecule has 0 radical (unpaired) electrons. The molecule has 6 nitrogen and oxygen atoms in total. The van der Waals surface area contributed by atoms with E-state index in [1.165, 1.54) is 7.11 Å². The number of aliphatic hydroxyl groups is 1. The van der Waals surface area contributed by atoms with Crippen molar-refractivity contribution in [3.63, 3.8) is 0 Å². The molecule has 0 aromatic carbocycles. The second kappa shape index (κ2) is 7.56. The predicted molar refractivity (Wildman–Crippen MR) is 81.9 cm³/mol. The molecule has 1 atom stereocenters. The van der Waals surface area contributed by atoms with Crippen LogP contribution >= 0.6 is 0 Å². The molecule has 2 heterocycles. The molecule has 1 amide bonds. The van der Waals surface area contributed by atoms with Crippen molar-refractivity contribution in [1.82, 2.24) is 9.88 Å². The molecule has 0 saturated carbocycles. The Balaban J connectivity index is 2.11. The maximum Gasteiger partial charge on any atom is 0.254 e. The average Bonchev–Trinajstić information content (AvgIpc) is 2.59. The van der Waals surface area contributed by atoms with Crippen LogP contribution in [0.3, 0.4) is 0 Å². The number of aliphatic hydroxyl groups excluding tert-OH is 1. The molecule has 1 aliphatic rings. The van der Waals surface area contributed by atoms with Crippen molar-refractivity contribution < 1.29 is 19.4 Å². The summed E-state index contributed by atoms with van der Waals surface area (Å²) >= 11 is 0. The van der Waals surface area contributed by atoms with Gasteiger partial charge in [-0.2, -0.15) is 0 Å². The number of aromatic nitrogens is 1. The molecule has 1 aromatic heterocycles. The summed E-state index contributed by atoms with van der Waals surface area (Å²) in [5.74, 6) is 0.381. The number of carbonyl (C=O) groups is 1. The van der Waals surface area contributed by atoms with Crippen molar-refractivity contribution >= 4 is 5.91 Å². The van der Waals surface area contributed by atoms with Crippen molar-refractivity contribution in [3.8, 4) is 5.88 Å². The molecule has 22 heavy (non-hydrogen) atoms. The fraction of sp³-hybridized carbons (Fsp3) is 0.625. The number of carbonyl (C=O) groups excluding carboxylic acids is 1. The van der Waals surface area contributed by atoms with Crippen LogP contribution in [0.1, 0.15) is 29.6 Å². The van der Waals surface area contributed by atoms with Gasteiger partial charge in [0.25, 0.3) is 5.91 Å². The second-order valence-corrected chi connectivity index (χ2v) is 5.82. The van der Waals surface area contributed by atoms with Crippen LogP contribution in [0.15, 0.2) is 18.3 Å². The summed E-state index contributed by atoms with van der Waals surface area (Å²) in [6, 6.07) is 3.34. The number of hydrogen-bond acceptors (Lipinski definition) is 5. The monoisotopic (exact) mass is 308 g/mol. The highest BCUT2D eigenvalue weighted by molar-refractivity contribution is 5.94. The molecular weight excluding hydrogens is 284 g/mol. The zero-order valence-electron chi connectivity index (χ0n) is 13.2. The van der Waals surface area contributed by atoms with Crippen LogP contribution in [-0.2, 0) is 4.74 Å². The third kappa shape index (κ3) is 3.75. The minimum Gasteiger partial charge on any atom is -0.481 e. The zero-order chi connectivity index (χ0) is 16.0. The number of piperidine rings is 1. The molecular formula is C16H24N2O4. The molecule has 6 heteroatoms. The van der Waals surface area contributed by atoms with Gasteiger partial charge >= 0.3 is 0 Å². The predicted octanol–water partition coefficient (Wildman–Crippen LogP) is 1.34. The van der Waals surface area contributed by atoms with E-state index in [1.807, 2.05) is 4.90 Å². The first-order valence-corrected chi connectivity index (χ1v) is 7.53. The Kier molecular flexibility index (Phi) is 5.74. The average molecular weight is 308 g/mol. The molecule has 0 aliphatic carbocycles. The number of hydrogen-bond donors (Lipinski definition) is 1. The maximum atomic E-state index is 12.7. The summed E-state index contributed by atoms with van der Waals surface area (Å²) in [6.07, 6.45) is 4.12. The van der Waals surface area contributed by atoms with Crippen LogP contribution in [0.2, 0.25) is 0 Å². The molecule has 0 unspecified atom stereocenters. The number of likely N-dealkylation sites (tertiary alicyclic amines) is 1. The Morgan fingerprint density at radius 1 is 1.50 bits per heavy atom. The first-order valence-electron chi connectivity index (χ1n) is 7.53. The summed E-state index contributed by atoms with van der Waals surface area (Å²) in [7, 11) is 3.18. The van der Waals surface area contributed by atoms with Gasteiger partial charge in [-0.25, -0.2) is 4.98 Å². The summed E-state index contributed by atoms with van der Waals surface area (Å²) in [5, 5.41) is 9.80. The van der Waals surface area contributed by atoms with Crippen molar-refractivity contribution in [1.29, 1.82) is 0 Å². The highest BCUT2D eigenvalue weighted by atomic mass is 16.5. The van der Waals surface area contributed by atoms with E-state index in [0.717, 1.165) is 19.3 Å². The lowest BCUT2D eigenvalue weighted by Gasteiger charge is -2.41. The number of rotatable bonds is 6. The topological polar surface area (TPSA) is 71.9 Å². The first-order chi connectivity index (χ1) is 10.6. The highest BCUT2D eigenvalue weighted by Gasteiger charge is 2.36. The lowest BCUT2D eigenvalue weighted by molar-refractivity contribution is 0.00896. The maximum absolute atomic E-state index is 12.7. The number of methoxy groups -OCH3 is 2. The lowest BCUT2D eigenvalue weighted by Crippen LogP contribution is -2.48. The van der Waals surface area contributed by atoms with Gasteiger partial charge in [0.05, 0.1) is 13.7 Å². The summed E-state index contributed by atoms with van der Waals surface area (Å²) in [4.78, 5) is 18.5. The fourth-order valence-corrected chi connectivity index (χ4v) is 2.95. The second-order valence-electron chi connectivity index (χ2n) is 5.82. The van der Waals surface area contributed by atoms with Gasteiger partial charge in [-0.3, -0.25) is 4.79 Å². The van der Waals surface area contributed by atoms with Crippen LogP contribution in [0.25, 0.3) is 0 Å². The van der Waals surface area contributed by atoms with Crippen molar-refractivity contribution in [2.75, 3.05) is 40.5 Å². The van der Waals surface area contributed by atoms with Crippen LogP contribution < -0.4 is 4.74 Å². The summed E-state index contributed by atoms with van der Waals surface area (Å²) in [6.45, 7) is 1.92. The van der Waals surface area contributed by atoms with Crippen LogP contribution in [0.5, 0.6) is 5.88 Å². The largest absolute Gasteiger partial charge is 0.481 e. The standard InChI is InChI=1S/C16H24N2O4/c1-21-9-6-16(12-19)5-3-8-18(11-16)15(20)13-4-7-17-14(10-13)22-2/h4,7,10,19H,3,5-6,8-9,11-12H2,1-2H3/t16-/m1/s1. The van der Waals surface area contributed by atoms with Gasteiger partial charge < -0.3 is 19.5 Å². The highest BCUT2D eigenvalue weighted by Crippen LogP contribution is 2.33. The van der Waals surface area contributed by atoms with E-state index < -0.39 is 0 Å². The molecule has 1 aliphatic heterocycles. The molecule has 1 saturated heterocycles. The number of pyridine rings is 1. The normalized spacial score (nSPS) is 21.7. The summed E-state index contributed by atoms with van der Waals surface area (Å²) in [5.41, 5.74) is 0.299. The number of nitrogens with zero attached hydrogens (tertiary/aromatic N) is 2.